The minimum Gasteiger partial charge on any atom is -0.380 e. The molecule has 1 aromatic rings. The van der Waals surface area contributed by atoms with Crippen LogP contribution in [0.15, 0.2) is 22.7 Å². The molecule has 0 heterocycles. The van der Waals surface area contributed by atoms with E-state index in [2.05, 4.69) is 35.1 Å². The number of rotatable bonds is 6. The molecule has 0 amide bonds. The molecule has 1 aromatic carbocycles. The quantitative estimate of drug-likeness (QED) is 0.807. The Bertz CT molecular complexity index is 331. The van der Waals surface area contributed by atoms with Gasteiger partial charge in [0.1, 0.15) is 5.82 Å². The number of nitrogens with one attached hydrogen (secondary N) is 1. The van der Waals surface area contributed by atoms with Crippen LogP contribution in [0, 0.1) is 11.7 Å². The van der Waals surface area contributed by atoms with Gasteiger partial charge in [0.05, 0.1) is 12.3 Å². The van der Waals surface area contributed by atoms with Gasteiger partial charge in [-0.25, -0.2) is 4.39 Å². The monoisotopic (exact) mass is 289 g/mol. The minimum absolute atomic E-state index is 0.252. The highest BCUT2D eigenvalue weighted by atomic mass is 79.9. The lowest BCUT2D eigenvalue weighted by Crippen LogP contribution is -2.12. The molecule has 0 unspecified atom stereocenters. The molecule has 90 valence electrons. The van der Waals surface area contributed by atoms with Crippen LogP contribution in [0.1, 0.15) is 13.8 Å². The summed E-state index contributed by atoms with van der Waals surface area (Å²) in [6.45, 7) is 6.15. The van der Waals surface area contributed by atoms with E-state index >= 15 is 0 Å². The first kappa shape index (κ1) is 13.5. The maximum absolute atomic E-state index is 13.4. The molecular weight excluding hydrogens is 273 g/mol. The van der Waals surface area contributed by atoms with Gasteiger partial charge in [0, 0.05) is 17.6 Å². The lowest BCUT2D eigenvalue weighted by atomic mass is 10.2. The summed E-state index contributed by atoms with van der Waals surface area (Å²) in [5, 5.41) is 2.99. The van der Waals surface area contributed by atoms with Gasteiger partial charge in [-0.1, -0.05) is 29.8 Å². The summed E-state index contributed by atoms with van der Waals surface area (Å²) in [6, 6.07) is 4.96. The van der Waals surface area contributed by atoms with Crippen molar-refractivity contribution in [2.24, 2.45) is 5.92 Å². The summed E-state index contributed by atoms with van der Waals surface area (Å²) in [5.41, 5.74) is 0.511. The molecule has 0 fully saturated rings. The number of halogens is 2. The van der Waals surface area contributed by atoms with Gasteiger partial charge in [-0.05, 0) is 24.1 Å². The topological polar surface area (TPSA) is 21.3 Å². The van der Waals surface area contributed by atoms with Crippen LogP contribution in [0.3, 0.4) is 0 Å². The zero-order valence-corrected chi connectivity index (χ0v) is 11.2. The lowest BCUT2D eigenvalue weighted by Gasteiger charge is -2.09. The molecule has 1 rings (SSSR count). The Balaban J connectivity index is 2.27. The summed E-state index contributed by atoms with van der Waals surface area (Å²) < 4.78 is 19.5. The minimum atomic E-state index is -0.252. The molecule has 0 aliphatic heterocycles. The fraction of sp³-hybridized carbons (Fsp3) is 0.500. The third-order valence-electron chi connectivity index (χ3n) is 1.94. The first-order chi connectivity index (χ1) is 7.59. The van der Waals surface area contributed by atoms with Crippen molar-refractivity contribution >= 4 is 21.6 Å². The van der Waals surface area contributed by atoms with Crippen molar-refractivity contribution in [3.8, 4) is 0 Å². The van der Waals surface area contributed by atoms with Gasteiger partial charge in [-0.15, -0.1) is 0 Å². The lowest BCUT2D eigenvalue weighted by molar-refractivity contribution is 0.118. The fourth-order valence-electron chi connectivity index (χ4n) is 1.21. The number of hydrogen-bond donors (Lipinski definition) is 1. The molecule has 0 aliphatic rings. The second-order valence-electron chi connectivity index (χ2n) is 4.02. The summed E-state index contributed by atoms with van der Waals surface area (Å²) >= 11 is 3.21. The molecule has 1 N–H and O–H groups in total. The van der Waals surface area contributed by atoms with Crippen LogP contribution in [0.2, 0.25) is 0 Å². The van der Waals surface area contributed by atoms with Crippen LogP contribution in [0.5, 0.6) is 0 Å². The third kappa shape index (κ3) is 4.94. The highest BCUT2D eigenvalue weighted by Crippen LogP contribution is 2.18. The Morgan fingerprint density at radius 1 is 1.44 bits per heavy atom. The van der Waals surface area contributed by atoms with E-state index in [4.69, 9.17) is 4.74 Å². The van der Waals surface area contributed by atoms with Gasteiger partial charge < -0.3 is 10.1 Å². The predicted molar refractivity (Wildman–Crippen MR) is 68.2 cm³/mol. The first-order valence-electron chi connectivity index (χ1n) is 5.36. The molecule has 0 saturated heterocycles. The van der Waals surface area contributed by atoms with Gasteiger partial charge in [0.25, 0.3) is 0 Å². The van der Waals surface area contributed by atoms with E-state index < -0.39 is 0 Å². The summed E-state index contributed by atoms with van der Waals surface area (Å²) in [7, 11) is 0. The highest BCUT2D eigenvalue weighted by Gasteiger charge is 2.01. The van der Waals surface area contributed by atoms with E-state index in [1.807, 2.05) is 0 Å². The van der Waals surface area contributed by atoms with E-state index in [0.717, 1.165) is 11.1 Å². The largest absolute Gasteiger partial charge is 0.380 e. The Morgan fingerprint density at radius 2 is 2.19 bits per heavy atom. The van der Waals surface area contributed by atoms with E-state index in [1.165, 1.54) is 6.07 Å². The standard InChI is InChI=1S/C12H17BrFNO/c1-9(2)8-16-6-5-15-12-4-3-10(13)7-11(12)14/h3-4,7,9,15H,5-6,8H2,1-2H3. The maximum atomic E-state index is 13.4. The summed E-state index contributed by atoms with van der Waals surface area (Å²) in [6.07, 6.45) is 0. The Morgan fingerprint density at radius 3 is 2.81 bits per heavy atom. The van der Waals surface area contributed by atoms with Gasteiger partial charge in [-0.3, -0.25) is 0 Å². The normalized spacial score (nSPS) is 10.8. The van der Waals surface area contributed by atoms with Crippen molar-refractivity contribution in [2.45, 2.75) is 13.8 Å². The molecule has 0 aliphatic carbocycles. The van der Waals surface area contributed by atoms with Crippen molar-refractivity contribution in [1.82, 2.24) is 0 Å². The van der Waals surface area contributed by atoms with E-state index in [1.54, 1.807) is 12.1 Å². The van der Waals surface area contributed by atoms with E-state index in [0.29, 0.717) is 24.8 Å². The van der Waals surface area contributed by atoms with Crippen LogP contribution in [-0.2, 0) is 4.74 Å². The van der Waals surface area contributed by atoms with Crippen LogP contribution in [0.4, 0.5) is 10.1 Å². The van der Waals surface area contributed by atoms with E-state index in [9.17, 15) is 4.39 Å². The zero-order valence-electron chi connectivity index (χ0n) is 9.59. The molecule has 16 heavy (non-hydrogen) atoms. The number of ether oxygens (including phenoxy) is 1. The van der Waals surface area contributed by atoms with Crippen molar-refractivity contribution in [3.63, 3.8) is 0 Å². The SMILES string of the molecule is CC(C)COCCNc1ccc(Br)cc1F. The molecule has 0 spiro atoms. The van der Waals surface area contributed by atoms with Crippen LogP contribution >= 0.6 is 15.9 Å². The van der Waals surface area contributed by atoms with Crippen molar-refractivity contribution in [1.29, 1.82) is 0 Å². The smallest absolute Gasteiger partial charge is 0.147 e. The van der Waals surface area contributed by atoms with Crippen molar-refractivity contribution in [3.05, 3.63) is 28.5 Å². The summed E-state index contributed by atoms with van der Waals surface area (Å²) in [5.74, 6) is 0.280. The molecule has 4 heteroatoms. The second kappa shape index (κ2) is 6.86. The van der Waals surface area contributed by atoms with Crippen molar-refractivity contribution < 1.29 is 9.13 Å². The number of hydrogen-bond acceptors (Lipinski definition) is 2. The Labute approximate surface area is 104 Å². The van der Waals surface area contributed by atoms with Crippen molar-refractivity contribution in [2.75, 3.05) is 25.1 Å². The Kier molecular flexibility index (Phi) is 5.77. The van der Waals surface area contributed by atoms with E-state index in [-0.39, 0.29) is 5.82 Å². The number of benzene rings is 1. The van der Waals surface area contributed by atoms with Gasteiger partial charge >= 0.3 is 0 Å². The molecule has 0 atom stereocenters. The third-order valence-corrected chi connectivity index (χ3v) is 2.44. The Hall–Kier alpha value is -0.610. The average molecular weight is 290 g/mol. The fourth-order valence-corrected chi connectivity index (χ4v) is 1.54. The zero-order chi connectivity index (χ0) is 12.0. The summed E-state index contributed by atoms with van der Waals surface area (Å²) in [4.78, 5) is 0. The molecule has 2 nitrogen and oxygen atoms in total. The second-order valence-corrected chi connectivity index (χ2v) is 4.94. The van der Waals surface area contributed by atoms with Crippen LogP contribution in [-0.4, -0.2) is 19.8 Å². The number of anilines is 1. The average Bonchev–Trinajstić information content (AvgIpc) is 2.20. The predicted octanol–water partition coefficient (Wildman–Crippen LogP) is 3.67. The van der Waals surface area contributed by atoms with Gasteiger partial charge in [0.15, 0.2) is 0 Å². The van der Waals surface area contributed by atoms with Crippen LogP contribution < -0.4 is 5.32 Å². The maximum Gasteiger partial charge on any atom is 0.147 e. The van der Waals surface area contributed by atoms with Crippen LogP contribution in [0.25, 0.3) is 0 Å². The molecular formula is C12H17BrFNO. The molecule has 0 saturated carbocycles. The first-order valence-corrected chi connectivity index (χ1v) is 6.15. The molecule has 0 radical (unpaired) electrons. The van der Waals surface area contributed by atoms with Gasteiger partial charge in [0.2, 0.25) is 0 Å². The highest BCUT2D eigenvalue weighted by molar-refractivity contribution is 9.10. The molecule has 0 aromatic heterocycles. The molecule has 0 bridgehead atoms. The van der Waals surface area contributed by atoms with Gasteiger partial charge in [-0.2, -0.15) is 0 Å².